The quantitative estimate of drug-likeness (QED) is 0.797. The van der Waals surface area contributed by atoms with Gasteiger partial charge in [0, 0.05) is 37.1 Å². The number of aryl methyl sites for hydroxylation is 2. The molecule has 0 saturated heterocycles. The molecule has 5 nitrogen and oxygen atoms in total. The van der Waals surface area contributed by atoms with Crippen molar-refractivity contribution in [1.29, 1.82) is 0 Å². The summed E-state index contributed by atoms with van der Waals surface area (Å²) in [6.07, 6.45) is 4.83. The van der Waals surface area contributed by atoms with E-state index >= 15 is 0 Å². The van der Waals surface area contributed by atoms with Crippen LogP contribution in [-0.4, -0.2) is 20.0 Å². The van der Waals surface area contributed by atoms with Crippen molar-refractivity contribution in [1.82, 2.24) is 25.3 Å². The molecule has 2 heterocycles. The molecule has 0 fully saturated rings. The number of hydrogen-bond acceptors (Lipinski definition) is 3. The molecule has 17 heavy (non-hydrogen) atoms. The number of nitrogens with zero attached hydrogens (tertiary/aromatic N) is 3. The van der Waals surface area contributed by atoms with Gasteiger partial charge in [-0.15, -0.1) is 0 Å². The molecule has 0 radical (unpaired) electrons. The summed E-state index contributed by atoms with van der Waals surface area (Å²) in [4.78, 5) is 0. The average molecular weight is 233 g/mol. The highest BCUT2D eigenvalue weighted by Crippen LogP contribution is 2.04. The lowest BCUT2D eigenvalue weighted by Crippen LogP contribution is -2.16. The minimum Gasteiger partial charge on any atom is -0.307 e. The van der Waals surface area contributed by atoms with Crippen LogP contribution in [-0.2, 0) is 19.6 Å². The Balaban J connectivity index is 1.86. The van der Waals surface area contributed by atoms with Crippen LogP contribution in [0.5, 0.6) is 0 Å². The van der Waals surface area contributed by atoms with E-state index < -0.39 is 0 Å². The van der Waals surface area contributed by atoms with Gasteiger partial charge >= 0.3 is 0 Å². The van der Waals surface area contributed by atoms with E-state index in [4.69, 9.17) is 0 Å². The number of aromatic nitrogens is 4. The second-order valence-corrected chi connectivity index (χ2v) is 4.17. The number of rotatable bonds is 6. The van der Waals surface area contributed by atoms with Crippen molar-refractivity contribution in [3.8, 4) is 0 Å². The summed E-state index contributed by atoms with van der Waals surface area (Å²) in [6.45, 7) is 6.85. The van der Waals surface area contributed by atoms with E-state index in [1.165, 1.54) is 11.3 Å². The molecule has 0 unspecified atom stereocenters. The Labute approximate surface area is 101 Å². The molecule has 0 aliphatic carbocycles. The van der Waals surface area contributed by atoms with Gasteiger partial charge in [-0.25, -0.2) is 0 Å². The molecule has 0 saturated carbocycles. The van der Waals surface area contributed by atoms with Gasteiger partial charge < -0.3 is 5.32 Å². The summed E-state index contributed by atoms with van der Waals surface area (Å²) in [5.41, 5.74) is 3.57. The maximum absolute atomic E-state index is 4.30. The number of H-pyrrole nitrogens is 1. The molecule has 2 aromatic heterocycles. The topological polar surface area (TPSA) is 58.5 Å². The van der Waals surface area contributed by atoms with E-state index in [1.807, 2.05) is 19.3 Å². The predicted molar refractivity (Wildman–Crippen MR) is 66.4 cm³/mol. The fraction of sp³-hybridized carbons (Fsp3) is 0.500. The zero-order valence-electron chi connectivity index (χ0n) is 10.4. The van der Waals surface area contributed by atoms with Crippen LogP contribution in [0.3, 0.4) is 0 Å². The fourth-order valence-electron chi connectivity index (χ4n) is 1.80. The average Bonchev–Trinajstić information content (AvgIpc) is 2.90. The Kier molecular flexibility index (Phi) is 3.93. The van der Waals surface area contributed by atoms with Crippen LogP contribution < -0.4 is 5.32 Å². The smallest absolute Gasteiger partial charge is 0.0535 e. The Bertz CT molecular complexity index is 457. The summed E-state index contributed by atoms with van der Waals surface area (Å²) in [5, 5.41) is 14.6. The molecule has 0 atom stereocenters. The Morgan fingerprint density at radius 2 is 2.29 bits per heavy atom. The van der Waals surface area contributed by atoms with Crippen LogP contribution in [0.4, 0.5) is 0 Å². The van der Waals surface area contributed by atoms with E-state index in [9.17, 15) is 0 Å². The van der Waals surface area contributed by atoms with Gasteiger partial charge in [-0.1, -0.05) is 6.92 Å². The van der Waals surface area contributed by atoms with E-state index in [1.54, 1.807) is 0 Å². The lowest BCUT2D eigenvalue weighted by Gasteiger charge is -2.07. The van der Waals surface area contributed by atoms with Gasteiger partial charge in [-0.05, 0) is 19.4 Å². The first-order valence-corrected chi connectivity index (χ1v) is 6.01. The van der Waals surface area contributed by atoms with Crippen molar-refractivity contribution in [2.45, 2.75) is 39.9 Å². The van der Waals surface area contributed by atoms with Crippen molar-refractivity contribution in [2.75, 3.05) is 0 Å². The van der Waals surface area contributed by atoms with Crippen molar-refractivity contribution < 1.29 is 0 Å². The Morgan fingerprint density at radius 3 is 3.00 bits per heavy atom. The highest BCUT2D eigenvalue weighted by atomic mass is 15.3. The molecule has 0 aromatic carbocycles. The van der Waals surface area contributed by atoms with Gasteiger partial charge in [-0.3, -0.25) is 9.78 Å². The zero-order chi connectivity index (χ0) is 12.1. The van der Waals surface area contributed by atoms with Gasteiger partial charge in [0.05, 0.1) is 11.9 Å². The summed E-state index contributed by atoms with van der Waals surface area (Å²) < 4.78 is 2.05. The van der Waals surface area contributed by atoms with Gasteiger partial charge in [-0.2, -0.15) is 10.2 Å². The molecule has 0 amide bonds. The molecular formula is C12H19N5. The number of aromatic amines is 1. The van der Waals surface area contributed by atoms with E-state index in [0.29, 0.717) is 0 Å². The monoisotopic (exact) mass is 233 g/mol. The molecule has 2 N–H and O–H groups in total. The third-order valence-electron chi connectivity index (χ3n) is 2.80. The van der Waals surface area contributed by atoms with Crippen LogP contribution in [0.25, 0.3) is 0 Å². The molecule has 2 rings (SSSR count). The van der Waals surface area contributed by atoms with E-state index in [2.05, 4.69) is 38.3 Å². The lowest BCUT2D eigenvalue weighted by atomic mass is 10.2. The Hall–Kier alpha value is -1.62. The van der Waals surface area contributed by atoms with Crippen molar-refractivity contribution in [3.63, 3.8) is 0 Å². The first kappa shape index (κ1) is 11.9. The minimum atomic E-state index is 0.833. The van der Waals surface area contributed by atoms with Gasteiger partial charge in [0.15, 0.2) is 0 Å². The highest BCUT2D eigenvalue weighted by molar-refractivity contribution is 5.14. The maximum atomic E-state index is 4.30. The molecule has 92 valence electrons. The highest BCUT2D eigenvalue weighted by Gasteiger charge is 2.03. The lowest BCUT2D eigenvalue weighted by molar-refractivity contribution is 0.549. The van der Waals surface area contributed by atoms with Gasteiger partial charge in [0.25, 0.3) is 0 Å². The molecule has 0 spiro atoms. The molecule has 0 aliphatic heterocycles. The van der Waals surface area contributed by atoms with Crippen LogP contribution >= 0.6 is 0 Å². The normalized spacial score (nSPS) is 10.9. The molecule has 0 aliphatic rings. The standard InChI is InChI=1S/C12H19N5/c1-3-6-17-12(4-5-15-17)9-13-7-11-8-14-16-10(11)2/h4-5,8,13H,3,6-7,9H2,1-2H3,(H,14,16). The minimum absolute atomic E-state index is 0.833. The van der Waals surface area contributed by atoms with Gasteiger partial charge in [0.2, 0.25) is 0 Å². The van der Waals surface area contributed by atoms with E-state index in [0.717, 1.165) is 31.7 Å². The molecule has 2 aromatic rings. The van der Waals surface area contributed by atoms with Crippen molar-refractivity contribution in [3.05, 3.63) is 35.4 Å². The molecular weight excluding hydrogens is 214 g/mol. The predicted octanol–water partition coefficient (Wildman–Crippen LogP) is 1.61. The summed E-state index contributed by atoms with van der Waals surface area (Å²) in [5.74, 6) is 0. The van der Waals surface area contributed by atoms with Crippen LogP contribution in [0.15, 0.2) is 18.5 Å². The first-order chi connectivity index (χ1) is 8.31. The first-order valence-electron chi connectivity index (χ1n) is 6.01. The SMILES string of the molecule is CCCn1nccc1CNCc1cn[nH]c1C. The third kappa shape index (κ3) is 2.94. The fourth-order valence-corrected chi connectivity index (χ4v) is 1.80. The summed E-state index contributed by atoms with van der Waals surface area (Å²) in [6, 6.07) is 2.06. The van der Waals surface area contributed by atoms with Crippen LogP contribution in [0, 0.1) is 6.92 Å². The largest absolute Gasteiger partial charge is 0.307 e. The van der Waals surface area contributed by atoms with E-state index in [-0.39, 0.29) is 0 Å². The number of nitrogens with one attached hydrogen (secondary N) is 2. The maximum Gasteiger partial charge on any atom is 0.0535 e. The van der Waals surface area contributed by atoms with Crippen LogP contribution in [0.2, 0.25) is 0 Å². The van der Waals surface area contributed by atoms with Gasteiger partial charge in [0.1, 0.15) is 0 Å². The summed E-state index contributed by atoms with van der Waals surface area (Å²) >= 11 is 0. The number of hydrogen-bond donors (Lipinski definition) is 2. The third-order valence-corrected chi connectivity index (χ3v) is 2.80. The second-order valence-electron chi connectivity index (χ2n) is 4.17. The Morgan fingerprint density at radius 1 is 1.41 bits per heavy atom. The second kappa shape index (κ2) is 5.63. The summed E-state index contributed by atoms with van der Waals surface area (Å²) in [7, 11) is 0. The van der Waals surface area contributed by atoms with Crippen LogP contribution in [0.1, 0.15) is 30.3 Å². The molecule has 0 bridgehead atoms. The van der Waals surface area contributed by atoms with Crippen molar-refractivity contribution in [2.24, 2.45) is 0 Å². The zero-order valence-corrected chi connectivity index (χ0v) is 10.4. The molecule has 5 heteroatoms. The van der Waals surface area contributed by atoms with Crippen molar-refractivity contribution >= 4 is 0 Å².